The summed E-state index contributed by atoms with van der Waals surface area (Å²) in [5.41, 5.74) is 2.88. The summed E-state index contributed by atoms with van der Waals surface area (Å²) in [5, 5.41) is 0.368. The zero-order chi connectivity index (χ0) is 17.5. The van der Waals surface area contributed by atoms with Crippen LogP contribution in [0.15, 0.2) is 41.3 Å². The molecule has 1 aliphatic rings. The average molecular weight is 365 g/mol. The Kier molecular flexibility index (Phi) is 4.27. The molecule has 1 aliphatic heterocycles. The van der Waals surface area contributed by atoms with Gasteiger partial charge in [-0.15, -0.1) is 0 Å². The van der Waals surface area contributed by atoms with E-state index in [1.807, 2.05) is 0 Å². The predicted molar refractivity (Wildman–Crippen MR) is 95.2 cm³/mol. The number of carbonyl (C=O) groups excluding carboxylic acids is 1. The lowest BCUT2D eigenvalue weighted by Gasteiger charge is -2.15. The van der Waals surface area contributed by atoms with Crippen LogP contribution >= 0.6 is 11.6 Å². The zero-order valence-electron chi connectivity index (χ0n) is 13.3. The quantitative estimate of drug-likeness (QED) is 0.908. The summed E-state index contributed by atoms with van der Waals surface area (Å²) in [5.74, 6) is -0.0170. The number of fused-ring (bicyclic) bond motifs is 1. The van der Waals surface area contributed by atoms with Gasteiger partial charge in [0, 0.05) is 29.9 Å². The van der Waals surface area contributed by atoms with Crippen LogP contribution in [0.25, 0.3) is 0 Å². The summed E-state index contributed by atoms with van der Waals surface area (Å²) in [6.07, 6.45) is 0.709. The number of amides is 1. The zero-order valence-corrected chi connectivity index (χ0v) is 14.9. The second kappa shape index (κ2) is 6.11. The van der Waals surface area contributed by atoms with Crippen LogP contribution in [0.1, 0.15) is 18.1 Å². The SMILES string of the molecule is CC(=O)N1CCc2cc(NS(=O)(=O)c3cc(Cl)ccc3C)ccc21. The molecule has 7 heteroatoms. The number of hydrogen-bond donors (Lipinski definition) is 1. The molecule has 0 aromatic heterocycles. The second-order valence-electron chi connectivity index (χ2n) is 5.78. The highest BCUT2D eigenvalue weighted by Crippen LogP contribution is 2.31. The highest BCUT2D eigenvalue weighted by molar-refractivity contribution is 7.92. The van der Waals surface area contributed by atoms with Gasteiger partial charge in [-0.3, -0.25) is 9.52 Å². The molecule has 0 aliphatic carbocycles. The Bertz CT molecular complexity index is 925. The van der Waals surface area contributed by atoms with Crippen molar-refractivity contribution in [1.29, 1.82) is 0 Å². The lowest BCUT2D eigenvalue weighted by molar-refractivity contribution is -0.116. The molecule has 24 heavy (non-hydrogen) atoms. The lowest BCUT2D eigenvalue weighted by atomic mass is 10.1. The van der Waals surface area contributed by atoms with Crippen LogP contribution in [0.2, 0.25) is 5.02 Å². The number of rotatable bonds is 3. The van der Waals surface area contributed by atoms with Crippen molar-refractivity contribution in [2.75, 3.05) is 16.2 Å². The smallest absolute Gasteiger partial charge is 0.262 e. The third-order valence-electron chi connectivity index (χ3n) is 4.05. The van der Waals surface area contributed by atoms with E-state index >= 15 is 0 Å². The van der Waals surface area contributed by atoms with Gasteiger partial charge in [-0.25, -0.2) is 8.42 Å². The molecular formula is C17H17ClN2O3S. The van der Waals surface area contributed by atoms with Crippen molar-refractivity contribution in [3.63, 3.8) is 0 Å². The summed E-state index contributed by atoms with van der Waals surface area (Å²) in [6, 6.07) is 9.97. The molecule has 0 bridgehead atoms. The number of sulfonamides is 1. The van der Waals surface area contributed by atoms with E-state index in [-0.39, 0.29) is 10.8 Å². The number of nitrogens with zero attached hydrogens (tertiary/aromatic N) is 1. The third-order valence-corrected chi connectivity index (χ3v) is 5.81. The fraction of sp³-hybridized carbons (Fsp3) is 0.235. The second-order valence-corrected chi connectivity index (χ2v) is 7.87. The molecule has 2 aromatic carbocycles. The molecule has 3 rings (SSSR count). The van der Waals surface area contributed by atoms with Gasteiger partial charge >= 0.3 is 0 Å². The van der Waals surface area contributed by atoms with Crippen LogP contribution in [0, 0.1) is 6.92 Å². The van der Waals surface area contributed by atoms with Gasteiger partial charge in [-0.1, -0.05) is 17.7 Å². The van der Waals surface area contributed by atoms with E-state index in [1.54, 1.807) is 42.2 Å². The lowest BCUT2D eigenvalue weighted by Crippen LogP contribution is -2.25. The number of nitrogens with one attached hydrogen (secondary N) is 1. The Hall–Kier alpha value is -2.05. The van der Waals surface area contributed by atoms with Crippen LogP contribution in [0.4, 0.5) is 11.4 Å². The van der Waals surface area contributed by atoms with Crippen molar-refractivity contribution in [1.82, 2.24) is 0 Å². The molecule has 0 fully saturated rings. The number of hydrogen-bond acceptors (Lipinski definition) is 3. The predicted octanol–water partition coefficient (Wildman–Crippen LogP) is 3.36. The maximum atomic E-state index is 12.6. The van der Waals surface area contributed by atoms with Crippen molar-refractivity contribution < 1.29 is 13.2 Å². The van der Waals surface area contributed by atoms with Gasteiger partial charge in [0.25, 0.3) is 10.0 Å². The summed E-state index contributed by atoms with van der Waals surface area (Å²) < 4.78 is 27.8. The number of halogens is 1. The molecule has 0 atom stereocenters. The van der Waals surface area contributed by atoms with E-state index in [4.69, 9.17) is 11.6 Å². The van der Waals surface area contributed by atoms with E-state index in [1.165, 1.54) is 13.0 Å². The van der Waals surface area contributed by atoms with Gasteiger partial charge in [0.05, 0.1) is 4.90 Å². The fourth-order valence-electron chi connectivity index (χ4n) is 2.87. The highest BCUT2D eigenvalue weighted by Gasteiger charge is 2.23. The molecule has 2 aromatic rings. The number of anilines is 2. The number of aryl methyl sites for hydroxylation is 1. The van der Waals surface area contributed by atoms with E-state index in [2.05, 4.69) is 4.72 Å². The first-order valence-corrected chi connectivity index (χ1v) is 9.34. The van der Waals surface area contributed by atoms with E-state index in [9.17, 15) is 13.2 Å². The van der Waals surface area contributed by atoms with Crippen molar-refractivity contribution >= 4 is 38.9 Å². The van der Waals surface area contributed by atoms with Gasteiger partial charge in [-0.05, 0) is 54.8 Å². The minimum absolute atomic E-state index is 0.0170. The normalized spacial score (nSPS) is 13.7. The topological polar surface area (TPSA) is 66.5 Å². The first-order valence-electron chi connectivity index (χ1n) is 7.48. The molecule has 1 heterocycles. The van der Waals surface area contributed by atoms with Crippen molar-refractivity contribution in [2.24, 2.45) is 0 Å². The highest BCUT2D eigenvalue weighted by atomic mass is 35.5. The Morgan fingerprint density at radius 1 is 1.21 bits per heavy atom. The van der Waals surface area contributed by atoms with Crippen molar-refractivity contribution in [2.45, 2.75) is 25.2 Å². The fourth-order valence-corrected chi connectivity index (χ4v) is 4.42. The maximum absolute atomic E-state index is 12.6. The largest absolute Gasteiger partial charge is 0.312 e. The molecular weight excluding hydrogens is 348 g/mol. The van der Waals surface area contributed by atoms with Crippen molar-refractivity contribution in [3.8, 4) is 0 Å². The minimum Gasteiger partial charge on any atom is -0.312 e. The van der Waals surface area contributed by atoms with E-state index in [0.29, 0.717) is 29.2 Å². The third kappa shape index (κ3) is 3.12. The molecule has 0 spiro atoms. The molecule has 5 nitrogen and oxygen atoms in total. The Morgan fingerprint density at radius 3 is 2.67 bits per heavy atom. The first-order chi connectivity index (χ1) is 11.3. The van der Waals surface area contributed by atoms with Crippen LogP contribution < -0.4 is 9.62 Å². The van der Waals surface area contributed by atoms with E-state index in [0.717, 1.165) is 11.3 Å². The number of benzene rings is 2. The van der Waals surface area contributed by atoms with Gasteiger partial charge in [-0.2, -0.15) is 0 Å². The van der Waals surface area contributed by atoms with Crippen molar-refractivity contribution in [3.05, 3.63) is 52.5 Å². The average Bonchev–Trinajstić information content (AvgIpc) is 2.92. The van der Waals surface area contributed by atoms with Gasteiger partial charge in [0.2, 0.25) is 5.91 Å². The van der Waals surface area contributed by atoms with Crippen LogP contribution in [-0.2, 0) is 21.2 Å². The van der Waals surface area contributed by atoms with Crippen LogP contribution in [0.5, 0.6) is 0 Å². The summed E-state index contributed by atoms with van der Waals surface area (Å²) >= 11 is 5.92. The Morgan fingerprint density at radius 2 is 1.96 bits per heavy atom. The standard InChI is InChI=1S/C17H17ClN2O3S/c1-11-3-4-14(18)10-17(11)24(22,23)19-15-5-6-16-13(9-15)7-8-20(16)12(2)21/h3-6,9-10,19H,7-8H2,1-2H3. The molecule has 126 valence electrons. The van der Waals surface area contributed by atoms with Gasteiger partial charge in [0.15, 0.2) is 0 Å². The maximum Gasteiger partial charge on any atom is 0.262 e. The summed E-state index contributed by atoms with van der Waals surface area (Å²) in [6.45, 7) is 3.86. The minimum atomic E-state index is -3.73. The molecule has 1 amide bonds. The number of carbonyl (C=O) groups is 1. The molecule has 0 saturated heterocycles. The summed E-state index contributed by atoms with van der Waals surface area (Å²) in [7, 11) is -3.73. The summed E-state index contributed by atoms with van der Waals surface area (Å²) in [4.78, 5) is 13.4. The first kappa shape index (κ1) is 16.8. The van der Waals surface area contributed by atoms with Gasteiger partial charge < -0.3 is 4.90 Å². The van der Waals surface area contributed by atoms with E-state index < -0.39 is 10.0 Å². The van der Waals surface area contributed by atoms with Crippen LogP contribution in [0.3, 0.4) is 0 Å². The molecule has 0 radical (unpaired) electrons. The molecule has 0 unspecified atom stereocenters. The van der Waals surface area contributed by atoms with Crippen LogP contribution in [-0.4, -0.2) is 20.9 Å². The molecule has 0 saturated carbocycles. The molecule has 1 N–H and O–H groups in total. The Labute approximate surface area is 146 Å². The Balaban J connectivity index is 1.92. The monoisotopic (exact) mass is 364 g/mol. The van der Waals surface area contributed by atoms with Gasteiger partial charge in [0.1, 0.15) is 0 Å².